The summed E-state index contributed by atoms with van der Waals surface area (Å²) in [7, 11) is 0. The molecule has 0 unspecified atom stereocenters. The zero-order valence-corrected chi connectivity index (χ0v) is 9.79. The van der Waals surface area contributed by atoms with Crippen LogP contribution in [0.5, 0.6) is 0 Å². The maximum Gasteiger partial charge on any atom is 0.345 e. The van der Waals surface area contributed by atoms with Gasteiger partial charge in [0.2, 0.25) is 0 Å². The summed E-state index contributed by atoms with van der Waals surface area (Å²) in [4.78, 5) is 2.21. The molecule has 0 aromatic rings. The van der Waals surface area contributed by atoms with E-state index in [-0.39, 0.29) is 17.7 Å². The van der Waals surface area contributed by atoms with Crippen LogP contribution in [0.3, 0.4) is 0 Å². The quantitative estimate of drug-likeness (QED) is 0.726. The maximum atomic E-state index is 12.1. The van der Waals surface area contributed by atoms with Crippen LogP contribution in [0.15, 0.2) is 0 Å². The maximum absolute atomic E-state index is 12.1. The van der Waals surface area contributed by atoms with Crippen LogP contribution < -0.4 is 0 Å². The largest absolute Gasteiger partial charge is 0.377 e. The normalized spacial score (nSPS) is 34.5. The number of fused-ring (bicyclic) bond motifs is 1. The lowest BCUT2D eigenvalue weighted by Gasteiger charge is -2.48. The Kier molecular flexibility index (Phi) is 3.47. The molecule has 2 aliphatic heterocycles. The molecular weight excluding hydrogens is 216 g/mol. The Morgan fingerprint density at radius 3 is 2.69 bits per heavy atom. The molecule has 0 radical (unpaired) electrons. The van der Waals surface area contributed by atoms with E-state index >= 15 is 0 Å². The number of ether oxygens (including phenoxy) is 2. The number of rotatable bonds is 5. The highest BCUT2D eigenvalue weighted by Crippen LogP contribution is 2.42. The third-order valence-corrected chi connectivity index (χ3v) is 3.53. The Labute approximate surface area is 94.7 Å². The van der Waals surface area contributed by atoms with E-state index in [1.807, 2.05) is 13.8 Å². The first kappa shape index (κ1) is 12.2. The predicted octanol–water partition coefficient (Wildman–Crippen LogP) is 1.87. The summed E-state index contributed by atoms with van der Waals surface area (Å²) in [5.74, 6) is 0. The third-order valence-electron chi connectivity index (χ3n) is 3.53. The van der Waals surface area contributed by atoms with E-state index in [0.29, 0.717) is 19.6 Å². The highest BCUT2D eigenvalue weighted by atomic mass is 19.3. The van der Waals surface area contributed by atoms with E-state index in [1.54, 1.807) is 0 Å². The first-order valence-electron chi connectivity index (χ1n) is 5.82. The van der Waals surface area contributed by atoms with Gasteiger partial charge in [0, 0.05) is 18.6 Å². The number of hydrogen-bond donors (Lipinski definition) is 0. The van der Waals surface area contributed by atoms with Crippen LogP contribution in [0, 0.1) is 0 Å². The predicted molar refractivity (Wildman–Crippen MR) is 55.5 cm³/mol. The van der Waals surface area contributed by atoms with Crippen LogP contribution in [0.4, 0.5) is 8.78 Å². The van der Waals surface area contributed by atoms with Crippen molar-refractivity contribution in [2.45, 2.75) is 51.0 Å². The first-order valence-corrected chi connectivity index (χ1v) is 5.82. The van der Waals surface area contributed by atoms with Gasteiger partial charge in [0.1, 0.15) is 0 Å². The smallest absolute Gasteiger partial charge is 0.345 e. The molecule has 0 aromatic heterocycles. The van der Waals surface area contributed by atoms with Gasteiger partial charge in [0.15, 0.2) is 0 Å². The minimum atomic E-state index is -2.66. The Hall–Kier alpha value is -0.260. The molecule has 3 nitrogen and oxygen atoms in total. The van der Waals surface area contributed by atoms with Gasteiger partial charge in [-0.15, -0.1) is 0 Å². The molecular formula is C11H19F2NO2. The molecule has 5 heteroatoms. The third kappa shape index (κ3) is 2.36. The summed E-state index contributed by atoms with van der Waals surface area (Å²) < 4.78 is 34.5. The zero-order valence-electron chi connectivity index (χ0n) is 9.79. The number of nitrogens with zero attached hydrogens (tertiary/aromatic N) is 1. The summed E-state index contributed by atoms with van der Waals surface area (Å²) in [6, 6.07) is 0. The lowest BCUT2D eigenvalue weighted by molar-refractivity contribution is -0.158. The van der Waals surface area contributed by atoms with Crippen molar-refractivity contribution < 1.29 is 18.3 Å². The molecule has 2 heterocycles. The van der Waals surface area contributed by atoms with Crippen LogP contribution in [0.25, 0.3) is 0 Å². The van der Waals surface area contributed by atoms with Gasteiger partial charge >= 0.3 is 6.61 Å². The Morgan fingerprint density at radius 2 is 2.19 bits per heavy atom. The van der Waals surface area contributed by atoms with Crippen molar-refractivity contribution in [3.8, 4) is 0 Å². The molecule has 2 rings (SSSR count). The summed E-state index contributed by atoms with van der Waals surface area (Å²) in [5, 5.41) is 0. The minimum Gasteiger partial charge on any atom is -0.377 e. The number of alkyl halides is 2. The second kappa shape index (κ2) is 4.55. The summed E-state index contributed by atoms with van der Waals surface area (Å²) in [6.07, 6.45) is 1.55. The molecule has 0 bridgehead atoms. The van der Waals surface area contributed by atoms with E-state index in [4.69, 9.17) is 4.74 Å². The fraction of sp³-hybridized carbons (Fsp3) is 1.00. The lowest BCUT2D eigenvalue weighted by Crippen LogP contribution is -2.58. The summed E-state index contributed by atoms with van der Waals surface area (Å²) >= 11 is 0. The van der Waals surface area contributed by atoms with Gasteiger partial charge in [-0.2, -0.15) is 8.78 Å². The van der Waals surface area contributed by atoms with Gasteiger partial charge in [0.25, 0.3) is 0 Å². The van der Waals surface area contributed by atoms with Crippen LogP contribution in [-0.4, -0.2) is 49.0 Å². The standard InChI is InChI=1S/C11H19F2NO2/c1-8(2)15-7-11-3-4-14(11)6-9(5-11)16-10(12)13/h8-10H,3-7H2,1-2H3/t9-,11-/m0/s1. The van der Waals surface area contributed by atoms with Gasteiger partial charge in [-0.05, 0) is 26.7 Å². The molecule has 0 aromatic carbocycles. The zero-order chi connectivity index (χ0) is 11.8. The average Bonchev–Trinajstić information content (AvgIpc) is 2.38. The Bertz CT molecular complexity index is 250. The van der Waals surface area contributed by atoms with Gasteiger partial charge in [-0.3, -0.25) is 4.90 Å². The van der Waals surface area contributed by atoms with E-state index in [0.717, 1.165) is 13.0 Å². The molecule has 0 N–H and O–H groups in total. The van der Waals surface area contributed by atoms with Crippen molar-refractivity contribution in [1.29, 1.82) is 0 Å². The van der Waals surface area contributed by atoms with Gasteiger partial charge in [0.05, 0.1) is 18.8 Å². The highest BCUT2D eigenvalue weighted by molar-refractivity contribution is 5.07. The van der Waals surface area contributed by atoms with Crippen molar-refractivity contribution in [3.63, 3.8) is 0 Å². The van der Waals surface area contributed by atoms with Crippen molar-refractivity contribution in [2.24, 2.45) is 0 Å². The van der Waals surface area contributed by atoms with Gasteiger partial charge in [-0.25, -0.2) is 0 Å². The molecule has 0 saturated carbocycles. The van der Waals surface area contributed by atoms with Crippen LogP contribution >= 0.6 is 0 Å². The van der Waals surface area contributed by atoms with Crippen molar-refractivity contribution >= 4 is 0 Å². The first-order chi connectivity index (χ1) is 7.52. The second-order valence-corrected chi connectivity index (χ2v) is 5.00. The lowest BCUT2D eigenvalue weighted by atomic mass is 9.85. The van der Waals surface area contributed by atoms with Crippen molar-refractivity contribution in [1.82, 2.24) is 4.90 Å². The number of hydrogen-bond acceptors (Lipinski definition) is 3. The molecule has 94 valence electrons. The fourth-order valence-electron chi connectivity index (χ4n) is 2.62. The summed E-state index contributed by atoms with van der Waals surface area (Å²) in [5.41, 5.74) is -0.0240. The van der Waals surface area contributed by atoms with E-state index < -0.39 is 6.61 Å². The molecule has 2 atom stereocenters. The molecule has 2 aliphatic rings. The second-order valence-electron chi connectivity index (χ2n) is 5.00. The van der Waals surface area contributed by atoms with Crippen LogP contribution in [0.1, 0.15) is 26.7 Å². The Morgan fingerprint density at radius 1 is 1.44 bits per heavy atom. The monoisotopic (exact) mass is 235 g/mol. The highest BCUT2D eigenvalue weighted by Gasteiger charge is 2.52. The van der Waals surface area contributed by atoms with E-state index in [1.165, 1.54) is 0 Å². The topological polar surface area (TPSA) is 21.7 Å². The van der Waals surface area contributed by atoms with Crippen LogP contribution in [-0.2, 0) is 9.47 Å². The minimum absolute atomic E-state index is 0.0240. The fourth-order valence-corrected chi connectivity index (χ4v) is 2.62. The molecule has 0 spiro atoms. The molecule has 2 fully saturated rings. The van der Waals surface area contributed by atoms with E-state index in [9.17, 15) is 8.78 Å². The average molecular weight is 235 g/mol. The number of halogens is 2. The molecule has 2 saturated heterocycles. The Balaban J connectivity index is 1.86. The van der Waals surface area contributed by atoms with Gasteiger partial charge < -0.3 is 9.47 Å². The summed E-state index contributed by atoms with van der Waals surface area (Å²) in [6.45, 7) is 3.54. The molecule has 0 aliphatic carbocycles. The van der Waals surface area contributed by atoms with Gasteiger partial charge in [-0.1, -0.05) is 0 Å². The van der Waals surface area contributed by atoms with Crippen molar-refractivity contribution in [2.75, 3.05) is 19.7 Å². The van der Waals surface area contributed by atoms with Crippen molar-refractivity contribution in [3.05, 3.63) is 0 Å². The molecule has 0 amide bonds. The molecule has 16 heavy (non-hydrogen) atoms. The van der Waals surface area contributed by atoms with Crippen LogP contribution in [0.2, 0.25) is 0 Å². The SMILES string of the molecule is CC(C)OC[C@@]12CCN1C[C@@H](OC(F)F)C2. The van der Waals surface area contributed by atoms with E-state index in [2.05, 4.69) is 9.64 Å².